The van der Waals surface area contributed by atoms with E-state index in [2.05, 4.69) is 43.3 Å². The fourth-order valence-corrected chi connectivity index (χ4v) is 5.59. The van der Waals surface area contributed by atoms with Crippen LogP contribution >= 0.6 is 11.8 Å². The summed E-state index contributed by atoms with van der Waals surface area (Å²) in [6.07, 6.45) is 3.75. The molecule has 0 amide bonds. The van der Waals surface area contributed by atoms with Crippen LogP contribution in [0.3, 0.4) is 0 Å². The molecule has 34 heavy (non-hydrogen) atoms. The van der Waals surface area contributed by atoms with Crippen molar-refractivity contribution in [3.8, 4) is 5.69 Å². The number of nitrogens with zero attached hydrogens (tertiary/aromatic N) is 5. The molecule has 4 rings (SSSR count). The van der Waals surface area contributed by atoms with Gasteiger partial charge in [0, 0.05) is 36.3 Å². The van der Waals surface area contributed by atoms with E-state index in [-0.39, 0.29) is 11.8 Å². The van der Waals surface area contributed by atoms with Gasteiger partial charge in [-0.3, -0.25) is 14.3 Å². The third-order valence-corrected chi connectivity index (χ3v) is 7.64. The van der Waals surface area contributed by atoms with Crippen molar-refractivity contribution in [3.05, 3.63) is 59.2 Å². The topological polar surface area (TPSA) is 65.2 Å². The van der Waals surface area contributed by atoms with E-state index in [1.54, 1.807) is 7.11 Å². The lowest BCUT2D eigenvalue weighted by Crippen LogP contribution is -2.33. The number of aromatic nitrogens is 4. The minimum Gasteiger partial charge on any atom is -0.383 e. The summed E-state index contributed by atoms with van der Waals surface area (Å²) in [5, 5.41) is 9.90. The average Bonchev–Trinajstić information content (AvgIpc) is 3.42. The van der Waals surface area contributed by atoms with Crippen LogP contribution in [0.1, 0.15) is 59.8 Å². The van der Waals surface area contributed by atoms with Crippen molar-refractivity contribution in [1.82, 2.24) is 24.2 Å². The van der Waals surface area contributed by atoms with Gasteiger partial charge >= 0.3 is 0 Å². The van der Waals surface area contributed by atoms with Crippen molar-refractivity contribution in [2.24, 2.45) is 0 Å². The molecule has 0 bridgehead atoms. The Kier molecular flexibility index (Phi) is 8.24. The van der Waals surface area contributed by atoms with Crippen LogP contribution in [0.25, 0.3) is 5.69 Å². The molecule has 1 atom stereocenters. The molecule has 2 aromatic heterocycles. The molecule has 0 radical (unpaired) electrons. The van der Waals surface area contributed by atoms with E-state index in [0.29, 0.717) is 12.4 Å². The van der Waals surface area contributed by atoms with Gasteiger partial charge in [0.05, 0.1) is 18.4 Å². The molecule has 1 aliphatic rings. The Hall–Kier alpha value is -2.42. The number of Topliss-reactive ketones (excluding diaryl/α,β-unsaturated/α-hetero) is 1. The predicted octanol–water partition coefficient (Wildman–Crippen LogP) is 4.85. The zero-order valence-corrected chi connectivity index (χ0v) is 21.5. The number of carbonyl (C=O) groups excluding carboxylic acids is 1. The van der Waals surface area contributed by atoms with Crippen molar-refractivity contribution in [3.63, 3.8) is 0 Å². The van der Waals surface area contributed by atoms with E-state index < -0.39 is 0 Å². The number of piperidine rings is 1. The van der Waals surface area contributed by atoms with Crippen molar-refractivity contribution < 1.29 is 9.53 Å². The standard InChI is InChI=1S/C26H35N5O2S/c1-19-17-23(20(2)30(19)15-16-33-4)24(32)18-34-26-28-27-25(21(3)29-13-9-6-10-14-29)31(26)22-11-7-5-8-12-22/h5,7-8,11-12,17,21H,6,9-10,13-16,18H2,1-4H3. The van der Waals surface area contributed by atoms with Gasteiger partial charge in [-0.1, -0.05) is 36.4 Å². The molecule has 3 heterocycles. The van der Waals surface area contributed by atoms with Gasteiger partial charge in [-0.15, -0.1) is 10.2 Å². The minimum atomic E-state index is 0.106. The summed E-state index contributed by atoms with van der Waals surface area (Å²) in [7, 11) is 1.69. The molecule has 0 spiro atoms. The van der Waals surface area contributed by atoms with Crippen LogP contribution < -0.4 is 0 Å². The number of hydrogen-bond donors (Lipinski definition) is 0. The summed E-state index contributed by atoms with van der Waals surface area (Å²) >= 11 is 1.46. The molecular formula is C26H35N5O2S. The number of rotatable bonds is 10. The van der Waals surface area contributed by atoms with E-state index in [1.807, 2.05) is 38.1 Å². The Morgan fingerprint density at radius 1 is 1.12 bits per heavy atom. The van der Waals surface area contributed by atoms with E-state index in [9.17, 15) is 4.79 Å². The Labute approximate surface area is 206 Å². The van der Waals surface area contributed by atoms with Crippen LogP contribution in [0.4, 0.5) is 0 Å². The highest BCUT2D eigenvalue weighted by atomic mass is 32.2. The van der Waals surface area contributed by atoms with Gasteiger partial charge in [0.1, 0.15) is 0 Å². The normalized spacial score (nSPS) is 15.5. The van der Waals surface area contributed by atoms with Gasteiger partial charge < -0.3 is 9.30 Å². The molecule has 1 saturated heterocycles. The molecular weight excluding hydrogens is 446 g/mol. The number of benzene rings is 1. The SMILES string of the molecule is COCCn1c(C)cc(C(=O)CSc2nnc(C(C)N3CCCCC3)n2-c2ccccc2)c1C. The molecule has 1 fully saturated rings. The molecule has 8 heteroatoms. The maximum absolute atomic E-state index is 13.2. The van der Waals surface area contributed by atoms with Crippen molar-refractivity contribution in [2.45, 2.75) is 57.8 Å². The Bertz CT molecular complexity index is 1100. The largest absolute Gasteiger partial charge is 0.383 e. The Balaban J connectivity index is 1.56. The molecule has 0 aliphatic carbocycles. The molecule has 0 N–H and O–H groups in total. The number of para-hydroxylation sites is 1. The number of ether oxygens (including phenoxy) is 1. The summed E-state index contributed by atoms with van der Waals surface area (Å²) in [5.74, 6) is 1.35. The third kappa shape index (κ3) is 5.29. The lowest BCUT2D eigenvalue weighted by atomic mass is 10.1. The van der Waals surface area contributed by atoms with Crippen molar-refractivity contribution in [1.29, 1.82) is 0 Å². The molecule has 1 aromatic carbocycles. The lowest BCUT2D eigenvalue weighted by Gasteiger charge is -2.31. The van der Waals surface area contributed by atoms with Crippen LogP contribution in [-0.4, -0.2) is 62.6 Å². The van der Waals surface area contributed by atoms with Crippen LogP contribution in [-0.2, 0) is 11.3 Å². The van der Waals surface area contributed by atoms with Gasteiger partial charge in [-0.2, -0.15) is 0 Å². The first-order valence-electron chi connectivity index (χ1n) is 12.1. The first-order valence-corrected chi connectivity index (χ1v) is 13.1. The second kappa shape index (κ2) is 11.3. The second-order valence-electron chi connectivity index (χ2n) is 8.93. The van der Waals surface area contributed by atoms with Crippen molar-refractivity contribution in [2.75, 3.05) is 32.6 Å². The summed E-state index contributed by atoms with van der Waals surface area (Å²) < 4.78 is 9.49. The highest BCUT2D eigenvalue weighted by molar-refractivity contribution is 7.99. The number of likely N-dealkylation sites (tertiary alicyclic amines) is 1. The van der Waals surface area contributed by atoms with Gasteiger partial charge in [-0.05, 0) is 64.9 Å². The second-order valence-corrected chi connectivity index (χ2v) is 9.87. The molecule has 182 valence electrons. The highest BCUT2D eigenvalue weighted by Crippen LogP contribution is 2.30. The maximum atomic E-state index is 13.2. The van der Waals surface area contributed by atoms with Crippen LogP contribution in [0.15, 0.2) is 41.6 Å². The fourth-order valence-electron chi connectivity index (χ4n) is 4.75. The minimum absolute atomic E-state index is 0.106. The van der Waals surface area contributed by atoms with E-state index in [0.717, 1.165) is 53.3 Å². The summed E-state index contributed by atoms with van der Waals surface area (Å²) in [5.41, 5.74) is 3.87. The molecule has 0 saturated carbocycles. The summed E-state index contributed by atoms with van der Waals surface area (Å²) in [4.78, 5) is 15.7. The Morgan fingerprint density at radius 3 is 2.56 bits per heavy atom. The first kappa shape index (κ1) is 24.7. The quantitative estimate of drug-likeness (QED) is 0.305. The fraction of sp³-hybridized carbons (Fsp3) is 0.500. The molecule has 1 aliphatic heterocycles. The van der Waals surface area contributed by atoms with Gasteiger partial charge in [-0.25, -0.2) is 0 Å². The smallest absolute Gasteiger partial charge is 0.196 e. The van der Waals surface area contributed by atoms with Gasteiger partial charge in [0.2, 0.25) is 0 Å². The Morgan fingerprint density at radius 2 is 1.85 bits per heavy atom. The maximum Gasteiger partial charge on any atom is 0.196 e. The van der Waals surface area contributed by atoms with E-state index in [1.165, 1.54) is 31.0 Å². The molecule has 7 nitrogen and oxygen atoms in total. The van der Waals surface area contributed by atoms with E-state index >= 15 is 0 Å². The third-order valence-electron chi connectivity index (χ3n) is 6.71. The van der Waals surface area contributed by atoms with Crippen LogP contribution in [0.2, 0.25) is 0 Å². The molecule has 1 unspecified atom stereocenters. The van der Waals surface area contributed by atoms with E-state index in [4.69, 9.17) is 4.74 Å². The number of ketones is 1. The van der Waals surface area contributed by atoms with Crippen molar-refractivity contribution >= 4 is 17.5 Å². The van der Waals surface area contributed by atoms with Crippen LogP contribution in [0.5, 0.6) is 0 Å². The van der Waals surface area contributed by atoms with Gasteiger partial charge in [0.25, 0.3) is 0 Å². The predicted molar refractivity (Wildman–Crippen MR) is 136 cm³/mol. The summed E-state index contributed by atoms with van der Waals surface area (Å²) in [6, 6.07) is 12.4. The summed E-state index contributed by atoms with van der Waals surface area (Å²) in [6.45, 7) is 9.79. The first-order chi connectivity index (χ1) is 16.5. The average molecular weight is 482 g/mol. The zero-order valence-electron chi connectivity index (χ0n) is 20.7. The lowest BCUT2D eigenvalue weighted by molar-refractivity contribution is 0.102. The zero-order chi connectivity index (χ0) is 24.1. The number of methoxy groups -OCH3 is 1. The highest BCUT2D eigenvalue weighted by Gasteiger charge is 2.26. The van der Waals surface area contributed by atoms with Crippen LogP contribution in [0, 0.1) is 13.8 Å². The van der Waals surface area contributed by atoms with Gasteiger partial charge in [0.15, 0.2) is 16.8 Å². The monoisotopic (exact) mass is 481 g/mol. The number of thioether (sulfide) groups is 1. The number of aryl methyl sites for hydroxylation is 1. The number of hydrogen-bond acceptors (Lipinski definition) is 6. The number of carbonyl (C=O) groups is 1. The molecule has 3 aromatic rings.